The van der Waals surface area contributed by atoms with E-state index in [0.717, 1.165) is 32.2 Å². The number of rotatable bonds is 9. The third-order valence-electron chi connectivity index (χ3n) is 3.29. The lowest BCUT2D eigenvalue weighted by atomic mass is 10.0. The van der Waals surface area contributed by atoms with E-state index in [1.807, 2.05) is 18.2 Å². The third-order valence-corrected chi connectivity index (χ3v) is 3.50. The highest BCUT2D eigenvalue weighted by Crippen LogP contribution is 2.11. The molecule has 1 atom stereocenters. The number of alkyl halides is 1. The zero-order valence-corrected chi connectivity index (χ0v) is 12.5. The van der Waals surface area contributed by atoms with Gasteiger partial charge in [-0.15, -0.1) is 11.6 Å². The van der Waals surface area contributed by atoms with Gasteiger partial charge in [0, 0.05) is 18.8 Å². The first-order valence-corrected chi connectivity index (χ1v) is 7.66. The van der Waals surface area contributed by atoms with Crippen molar-refractivity contribution >= 4 is 17.5 Å². The Morgan fingerprint density at radius 3 is 2.63 bits per heavy atom. The average Bonchev–Trinajstić information content (AvgIpc) is 2.44. The van der Waals surface area contributed by atoms with Crippen LogP contribution in [0.5, 0.6) is 0 Å². The summed E-state index contributed by atoms with van der Waals surface area (Å²) in [5, 5.41) is 3.03. The molecule has 1 amide bonds. The van der Waals surface area contributed by atoms with Crippen LogP contribution in [0.4, 0.5) is 0 Å². The number of carbonyl (C=O) groups is 1. The van der Waals surface area contributed by atoms with Gasteiger partial charge in [0.2, 0.25) is 5.91 Å². The summed E-state index contributed by atoms with van der Waals surface area (Å²) in [7, 11) is 0. The van der Waals surface area contributed by atoms with Crippen molar-refractivity contribution in [3.8, 4) is 0 Å². The first kappa shape index (κ1) is 16.0. The number of halogens is 1. The molecule has 1 aromatic rings. The fourth-order valence-electron chi connectivity index (χ4n) is 2.16. The molecular formula is C16H24ClNO. The van der Waals surface area contributed by atoms with Crippen molar-refractivity contribution in [1.82, 2.24) is 5.32 Å². The maximum atomic E-state index is 11.8. The second kappa shape index (κ2) is 9.85. The number of hydrogen-bond donors (Lipinski definition) is 1. The minimum absolute atomic E-state index is 0.138. The SMILES string of the molecule is CCCC(CCCl)CNC(=O)CCc1ccccc1. The topological polar surface area (TPSA) is 29.1 Å². The van der Waals surface area contributed by atoms with E-state index in [4.69, 9.17) is 11.6 Å². The zero-order chi connectivity index (χ0) is 13.9. The Kier molecular flexibility index (Phi) is 8.31. The van der Waals surface area contributed by atoms with Crippen molar-refractivity contribution in [3.05, 3.63) is 35.9 Å². The Labute approximate surface area is 121 Å². The normalized spacial score (nSPS) is 12.1. The molecule has 0 heterocycles. The molecule has 2 nitrogen and oxygen atoms in total. The molecule has 0 saturated carbocycles. The number of hydrogen-bond acceptors (Lipinski definition) is 1. The van der Waals surface area contributed by atoms with Crippen molar-refractivity contribution in [2.45, 2.75) is 39.0 Å². The van der Waals surface area contributed by atoms with Gasteiger partial charge in [0.15, 0.2) is 0 Å². The number of benzene rings is 1. The summed E-state index contributed by atoms with van der Waals surface area (Å²) in [6, 6.07) is 10.1. The van der Waals surface area contributed by atoms with Gasteiger partial charge in [-0.25, -0.2) is 0 Å². The quantitative estimate of drug-likeness (QED) is 0.686. The average molecular weight is 282 g/mol. The number of nitrogens with one attached hydrogen (secondary N) is 1. The molecule has 0 saturated heterocycles. The lowest BCUT2D eigenvalue weighted by Gasteiger charge is -2.15. The summed E-state index contributed by atoms with van der Waals surface area (Å²) in [6.45, 7) is 2.92. The van der Waals surface area contributed by atoms with Gasteiger partial charge in [-0.3, -0.25) is 4.79 Å². The second-order valence-corrected chi connectivity index (χ2v) is 5.30. The Morgan fingerprint density at radius 1 is 1.26 bits per heavy atom. The lowest BCUT2D eigenvalue weighted by Crippen LogP contribution is -2.29. The van der Waals surface area contributed by atoms with Crippen LogP contribution in [0, 0.1) is 5.92 Å². The first-order chi connectivity index (χ1) is 9.26. The van der Waals surface area contributed by atoms with Gasteiger partial charge < -0.3 is 5.32 Å². The van der Waals surface area contributed by atoms with Gasteiger partial charge in [-0.2, -0.15) is 0 Å². The number of aryl methyl sites for hydroxylation is 1. The molecule has 0 radical (unpaired) electrons. The smallest absolute Gasteiger partial charge is 0.220 e. The largest absolute Gasteiger partial charge is 0.356 e. The molecule has 0 aliphatic heterocycles. The van der Waals surface area contributed by atoms with Crippen LogP contribution in [0.15, 0.2) is 30.3 Å². The summed E-state index contributed by atoms with van der Waals surface area (Å²) in [6.07, 6.45) is 4.62. The highest BCUT2D eigenvalue weighted by molar-refractivity contribution is 6.17. The van der Waals surface area contributed by atoms with E-state index in [1.54, 1.807) is 0 Å². The molecule has 1 N–H and O–H groups in total. The standard InChI is InChI=1S/C16H24ClNO/c1-2-6-15(11-12-17)13-18-16(19)10-9-14-7-4-3-5-8-14/h3-5,7-8,15H,2,6,9-13H2,1H3,(H,18,19). The molecule has 0 fully saturated rings. The lowest BCUT2D eigenvalue weighted by molar-refractivity contribution is -0.121. The summed E-state index contributed by atoms with van der Waals surface area (Å²) in [5.41, 5.74) is 1.21. The fourth-order valence-corrected chi connectivity index (χ4v) is 2.47. The molecule has 19 heavy (non-hydrogen) atoms. The predicted molar refractivity (Wildman–Crippen MR) is 81.5 cm³/mol. The molecule has 0 aromatic heterocycles. The van der Waals surface area contributed by atoms with Gasteiger partial charge in [0.05, 0.1) is 0 Å². The third kappa shape index (κ3) is 7.22. The molecule has 0 spiro atoms. The van der Waals surface area contributed by atoms with Crippen molar-refractivity contribution in [3.63, 3.8) is 0 Å². The summed E-state index contributed by atoms with van der Waals surface area (Å²) in [4.78, 5) is 11.8. The highest BCUT2D eigenvalue weighted by atomic mass is 35.5. The van der Waals surface area contributed by atoms with Crippen LogP contribution in [0.25, 0.3) is 0 Å². The summed E-state index contributed by atoms with van der Waals surface area (Å²) >= 11 is 5.78. The van der Waals surface area contributed by atoms with Crippen LogP contribution >= 0.6 is 11.6 Å². The van der Waals surface area contributed by atoms with Crippen molar-refractivity contribution in [2.24, 2.45) is 5.92 Å². The maximum absolute atomic E-state index is 11.8. The van der Waals surface area contributed by atoms with Crippen LogP contribution in [0.3, 0.4) is 0 Å². The Morgan fingerprint density at radius 2 is 2.00 bits per heavy atom. The molecule has 3 heteroatoms. The molecule has 0 aliphatic rings. The zero-order valence-electron chi connectivity index (χ0n) is 11.7. The van der Waals surface area contributed by atoms with Crippen molar-refractivity contribution in [1.29, 1.82) is 0 Å². The fraction of sp³-hybridized carbons (Fsp3) is 0.562. The number of carbonyl (C=O) groups excluding carboxylic acids is 1. The molecular weight excluding hydrogens is 258 g/mol. The van der Waals surface area contributed by atoms with E-state index in [-0.39, 0.29) is 5.91 Å². The van der Waals surface area contributed by atoms with E-state index < -0.39 is 0 Å². The van der Waals surface area contributed by atoms with Gasteiger partial charge >= 0.3 is 0 Å². The predicted octanol–water partition coefficient (Wildman–Crippen LogP) is 3.78. The van der Waals surface area contributed by atoms with Crippen molar-refractivity contribution < 1.29 is 4.79 Å². The Hall–Kier alpha value is -1.02. The van der Waals surface area contributed by atoms with E-state index in [2.05, 4.69) is 24.4 Å². The molecule has 0 bridgehead atoms. The highest BCUT2D eigenvalue weighted by Gasteiger charge is 2.09. The molecule has 106 valence electrons. The minimum Gasteiger partial charge on any atom is -0.356 e. The molecule has 0 aliphatic carbocycles. The van der Waals surface area contributed by atoms with Crippen LogP contribution in [0.1, 0.15) is 38.2 Å². The van der Waals surface area contributed by atoms with Crippen LogP contribution in [-0.4, -0.2) is 18.3 Å². The van der Waals surface area contributed by atoms with Gasteiger partial charge in [-0.1, -0.05) is 43.7 Å². The maximum Gasteiger partial charge on any atom is 0.220 e. The van der Waals surface area contributed by atoms with E-state index >= 15 is 0 Å². The van der Waals surface area contributed by atoms with E-state index in [9.17, 15) is 4.79 Å². The van der Waals surface area contributed by atoms with Crippen molar-refractivity contribution in [2.75, 3.05) is 12.4 Å². The Bertz CT molecular complexity index is 347. The van der Waals surface area contributed by atoms with Crippen LogP contribution in [-0.2, 0) is 11.2 Å². The summed E-state index contributed by atoms with van der Waals surface area (Å²) in [5.74, 6) is 1.33. The minimum atomic E-state index is 0.138. The first-order valence-electron chi connectivity index (χ1n) is 7.12. The monoisotopic (exact) mass is 281 g/mol. The second-order valence-electron chi connectivity index (χ2n) is 4.92. The van der Waals surface area contributed by atoms with Gasteiger partial charge in [-0.05, 0) is 30.7 Å². The van der Waals surface area contributed by atoms with E-state index in [0.29, 0.717) is 18.2 Å². The van der Waals surface area contributed by atoms with Crippen LogP contribution < -0.4 is 5.32 Å². The van der Waals surface area contributed by atoms with E-state index in [1.165, 1.54) is 5.56 Å². The molecule has 1 aromatic carbocycles. The number of amides is 1. The summed E-state index contributed by atoms with van der Waals surface area (Å²) < 4.78 is 0. The van der Waals surface area contributed by atoms with Gasteiger partial charge in [0.1, 0.15) is 0 Å². The van der Waals surface area contributed by atoms with Crippen LogP contribution in [0.2, 0.25) is 0 Å². The molecule has 1 unspecified atom stereocenters. The van der Waals surface area contributed by atoms with Gasteiger partial charge in [0.25, 0.3) is 0 Å². The Balaban J connectivity index is 2.23. The molecule has 1 rings (SSSR count).